The fraction of sp³-hybridized carbons (Fsp3) is 0.500. The summed E-state index contributed by atoms with van der Waals surface area (Å²) in [5, 5.41) is 7.16. The zero-order valence-electron chi connectivity index (χ0n) is 13.6. The Labute approximate surface area is 136 Å². The van der Waals surface area contributed by atoms with Crippen molar-refractivity contribution in [3.8, 4) is 0 Å². The molecule has 0 bridgehead atoms. The Bertz CT molecular complexity index is 647. The summed E-state index contributed by atoms with van der Waals surface area (Å²) >= 11 is 0. The van der Waals surface area contributed by atoms with E-state index in [-0.39, 0.29) is 18.2 Å². The fourth-order valence-electron chi connectivity index (χ4n) is 3.17. The van der Waals surface area contributed by atoms with Gasteiger partial charge >= 0.3 is 6.03 Å². The fourth-order valence-corrected chi connectivity index (χ4v) is 3.17. The van der Waals surface area contributed by atoms with Gasteiger partial charge < -0.3 is 20.4 Å². The number of H-pyrrole nitrogens is 1. The molecule has 1 aromatic heterocycles. The predicted molar refractivity (Wildman–Crippen MR) is 91.6 cm³/mol. The van der Waals surface area contributed by atoms with Crippen molar-refractivity contribution < 1.29 is 9.53 Å². The predicted octanol–water partition coefficient (Wildman–Crippen LogP) is 2.97. The second-order valence-electron chi connectivity index (χ2n) is 6.20. The van der Waals surface area contributed by atoms with Gasteiger partial charge in [-0.3, -0.25) is 0 Å². The van der Waals surface area contributed by atoms with Crippen molar-refractivity contribution in [3.05, 3.63) is 36.0 Å². The number of rotatable bonds is 6. The molecule has 23 heavy (non-hydrogen) atoms. The van der Waals surface area contributed by atoms with Gasteiger partial charge in [0.2, 0.25) is 0 Å². The number of carbonyl (C=O) groups is 1. The third kappa shape index (κ3) is 4.05. The largest absolute Gasteiger partial charge is 0.376 e. The van der Waals surface area contributed by atoms with Crippen LogP contribution in [0.1, 0.15) is 31.7 Å². The highest BCUT2D eigenvalue weighted by molar-refractivity contribution is 5.83. The number of hydrogen-bond acceptors (Lipinski definition) is 2. The van der Waals surface area contributed by atoms with E-state index < -0.39 is 0 Å². The molecule has 0 aliphatic carbocycles. The third-order valence-electron chi connectivity index (χ3n) is 4.46. The lowest BCUT2D eigenvalue weighted by molar-refractivity contribution is 0.0860. The molecule has 1 aliphatic heterocycles. The summed E-state index contributed by atoms with van der Waals surface area (Å²) in [6.07, 6.45) is 6.21. The molecule has 5 nitrogen and oxygen atoms in total. The molecule has 5 heteroatoms. The van der Waals surface area contributed by atoms with Gasteiger partial charge in [-0.2, -0.15) is 0 Å². The maximum Gasteiger partial charge on any atom is 0.315 e. The lowest BCUT2D eigenvalue weighted by Gasteiger charge is -2.20. The smallest absolute Gasteiger partial charge is 0.315 e. The van der Waals surface area contributed by atoms with Crippen LogP contribution in [0.3, 0.4) is 0 Å². The minimum atomic E-state index is -0.105. The standard InChI is InChI=1S/C18H25N3O2/c1-13(17-9-5-11-23-17)21-18(22)19-10-4-6-14-12-20-16-8-3-2-7-15(14)16/h2-3,7-8,12-13,17,20H,4-6,9-11H2,1H3,(H2,19,21,22)/t13-,17+/m0/s1. The van der Waals surface area contributed by atoms with Crippen molar-refractivity contribution in [2.45, 2.75) is 44.8 Å². The van der Waals surface area contributed by atoms with E-state index in [0.29, 0.717) is 6.54 Å². The Kier molecular flexibility index (Phi) is 5.18. The molecular formula is C18H25N3O2. The molecule has 1 fully saturated rings. The number of ether oxygens (including phenoxy) is 1. The summed E-state index contributed by atoms with van der Waals surface area (Å²) in [6, 6.07) is 8.25. The Balaban J connectivity index is 1.38. The Hall–Kier alpha value is -2.01. The summed E-state index contributed by atoms with van der Waals surface area (Å²) in [5.74, 6) is 0. The zero-order valence-corrected chi connectivity index (χ0v) is 13.6. The first kappa shape index (κ1) is 15.9. The van der Waals surface area contributed by atoms with Crippen LogP contribution in [0, 0.1) is 0 Å². The van der Waals surface area contributed by atoms with Crippen molar-refractivity contribution >= 4 is 16.9 Å². The third-order valence-corrected chi connectivity index (χ3v) is 4.46. The zero-order chi connectivity index (χ0) is 16.1. The first-order valence-corrected chi connectivity index (χ1v) is 8.45. The average molecular weight is 315 g/mol. The highest BCUT2D eigenvalue weighted by Crippen LogP contribution is 2.18. The van der Waals surface area contributed by atoms with E-state index in [4.69, 9.17) is 4.74 Å². The Morgan fingerprint density at radius 2 is 2.30 bits per heavy atom. The maximum atomic E-state index is 11.9. The van der Waals surface area contributed by atoms with Crippen LogP contribution >= 0.6 is 0 Å². The highest BCUT2D eigenvalue weighted by atomic mass is 16.5. The summed E-state index contributed by atoms with van der Waals surface area (Å²) in [4.78, 5) is 15.2. The second-order valence-corrected chi connectivity index (χ2v) is 6.20. The monoisotopic (exact) mass is 315 g/mol. The molecule has 0 radical (unpaired) electrons. The van der Waals surface area contributed by atoms with Crippen molar-refractivity contribution in [2.24, 2.45) is 0 Å². The van der Waals surface area contributed by atoms with Crippen molar-refractivity contribution in [3.63, 3.8) is 0 Å². The van der Waals surface area contributed by atoms with Crippen molar-refractivity contribution in [1.29, 1.82) is 0 Å². The number of aryl methyl sites for hydroxylation is 1. The van der Waals surface area contributed by atoms with E-state index in [9.17, 15) is 4.79 Å². The van der Waals surface area contributed by atoms with E-state index in [1.54, 1.807) is 0 Å². The first-order valence-electron chi connectivity index (χ1n) is 8.45. The summed E-state index contributed by atoms with van der Waals surface area (Å²) in [6.45, 7) is 3.48. The number of hydrogen-bond donors (Lipinski definition) is 3. The molecule has 3 rings (SSSR count). The van der Waals surface area contributed by atoms with Gasteiger partial charge in [-0.15, -0.1) is 0 Å². The molecule has 3 N–H and O–H groups in total. The molecule has 0 spiro atoms. The van der Waals surface area contributed by atoms with Gasteiger partial charge in [0.05, 0.1) is 12.1 Å². The maximum absolute atomic E-state index is 11.9. The summed E-state index contributed by atoms with van der Waals surface area (Å²) in [7, 11) is 0. The van der Waals surface area contributed by atoms with Gasteiger partial charge in [0.25, 0.3) is 0 Å². The number of benzene rings is 1. The highest BCUT2D eigenvalue weighted by Gasteiger charge is 2.23. The molecule has 1 aromatic carbocycles. The first-order chi connectivity index (χ1) is 11.2. The Morgan fingerprint density at radius 1 is 1.43 bits per heavy atom. The number of aromatic amines is 1. The molecule has 2 heterocycles. The molecule has 0 unspecified atom stereocenters. The summed E-state index contributed by atoms with van der Waals surface area (Å²) < 4.78 is 5.59. The molecule has 124 valence electrons. The molecule has 2 amide bonds. The molecule has 2 aromatic rings. The van der Waals surface area contributed by atoms with E-state index in [1.165, 1.54) is 16.5 Å². The molecular weight excluding hydrogens is 290 g/mol. The van der Waals surface area contributed by atoms with Gasteiger partial charge in [0.15, 0.2) is 0 Å². The van der Waals surface area contributed by atoms with Gasteiger partial charge in [0, 0.05) is 30.3 Å². The molecule has 2 atom stereocenters. The van der Waals surface area contributed by atoms with Crippen LogP contribution in [0.25, 0.3) is 10.9 Å². The number of para-hydroxylation sites is 1. The van der Waals surface area contributed by atoms with E-state index in [0.717, 1.165) is 32.3 Å². The van der Waals surface area contributed by atoms with Crippen LogP contribution in [0.2, 0.25) is 0 Å². The van der Waals surface area contributed by atoms with Gasteiger partial charge in [-0.1, -0.05) is 18.2 Å². The van der Waals surface area contributed by atoms with Crippen molar-refractivity contribution in [2.75, 3.05) is 13.2 Å². The number of carbonyl (C=O) groups excluding carboxylic acids is 1. The van der Waals surface area contributed by atoms with Crippen LogP contribution in [-0.4, -0.2) is 36.3 Å². The number of nitrogens with one attached hydrogen (secondary N) is 3. The van der Waals surface area contributed by atoms with Gasteiger partial charge in [-0.25, -0.2) is 4.79 Å². The molecule has 0 saturated carbocycles. The topological polar surface area (TPSA) is 66.2 Å². The van der Waals surface area contributed by atoms with Crippen LogP contribution in [-0.2, 0) is 11.2 Å². The van der Waals surface area contributed by atoms with E-state index in [2.05, 4.69) is 40.0 Å². The van der Waals surface area contributed by atoms with Gasteiger partial charge in [0.1, 0.15) is 0 Å². The SMILES string of the molecule is C[C@H](NC(=O)NCCCc1c[nH]c2ccccc12)[C@H]1CCCO1. The average Bonchev–Trinajstić information content (AvgIpc) is 3.21. The van der Waals surface area contributed by atoms with Crippen molar-refractivity contribution in [1.82, 2.24) is 15.6 Å². The Morgan fingerprint density at radius 3 is 3.13 bits per heavy atom. The number of fused-ring (bicyclic) bond motifs is 1. The van der Waals surface area contributed by atoms with Crippen LogP contribution in [0.15, 0.2) is 30.5 Å². The van der Waals surface area contributed by atoms with Gasteiger partial charge in [-0.05, 0) is 44.2 Å². The quantitative estimate of drug-likeness (QED) is 0.718. The van der Waals surface area contributed by atoms with E-state index >= 15 is 0 Å². The minimum Gasteiger partial charge on any atom is -0.376 e. The van der Waals surface area contributed by atoms with Crippen LogP contribution in [0.5, 0.6) is 0 Å². The van der Waals surface area contributed by atoms with Crippen LogP contribution < -0.4 is 10.6 Å². The molecule has 1 saturated heterocycles. The van der Waals surface area contributed by atoms with Crippen LogP contribution in [0.4, 0.5) is 4.79 Å². The normalized spacial score (nSPS) is 18.9. The lowest BCUT2D eigenvalue weighted by atomic mass is 10.1. The number of urea groups is 1. The number of amides is 2. The second kappa shape index (κ2) is 7.51. The number of aromatic nitrogens is 1. The molecule has 1 aliphatic rings. The lowest BCUT2D eigenvalue weighted by Crippen LogP contribution is -2.46. The summed E-state index contributed by atoms with van der Waals surface area (Å²) in [5.41, 5.74) is 2.47. The van der Waals surface area contributed by atoms with E-state index in [1.807, 2.05) is 13.0 Å². The minimum absolute atomic E-state index is 0.0612.